The third-order valence-electron chi connectivity index (χ3n) is 7.87. The van der Waals surface area contributed by atoms with Gasteiger partial charge >= 0.3 is 6.03 Å². The molecule has 2 saturated heterocycles. The molecule has 1 unspecified atom stereocenters. The summed E-state index contributed by atoms with van der Waals surface area (Å²) in [5.74, 6) is -0.368. The van der Waals surface area contributed by atoms with Crippen LogP contribution < -0.4 is 10.5 Å². The summed E-state index contributed by atoms with van der Waals surface area (Å²) in [6.45, 7) is 3.78. The first-order chi connectivity index (χ1) is 18.2. The van der Waals surface area contributed by atoms with Gasteiger partial charge in [-0.3, -0.25) is 0 Å². The van der Waals surface area contributed by atoms with E-state index in [2.05, 4.69) is 0 Å². The van der Waals surface area contributed by atoms with Crippen molar-refractivity contribution < 1.29 is 28.9 Å². The highest BCUT2D eigenvalue weighted by atomic mass is 19.1. The van der Waals surface area contributed by atoms with E-state index in [1.807, 2.05) is 25.1 Å². The number of aryl methyl sites for hydroxylation is 1. The van der Waals surface area contributed by atoms with Crippen LogP contribution in [0.3, 0.4) is 0 Å². The number of nitrogens with zero attached hydrogens (tertiary/aromatic N) is 2. The molecule has 4 rings (SSSR count). The third-order valence-corrected chi connectivity index (χ3v) is 7.87. The number of hydrogen-bond donors (Lipinski definition) is 3. The number of unbranched alkanes of at least 4 members (excludes halogenated alkanes) is 1. The second-order valence-electron chi connectivity index (χ2n) is 10.6. The van der Waals surface area contributed by atoms with Gasteiger partial charge in [-0.25, -0.2) is 9.18 Å². The molecular weight excluding hydrogens is 489 g/mol. The van der Waals surface area contributed by atoms with Crippen molar-refractivity contribution in [3.63, 3.8) is 0 Å². The smallest absolute Gasteiger partial charge is 0.320 e. The first kappa shape index (κ1) is 28.3. The Morgan fingerprint density at radius 3 is 2.63 bits per heavy atom. The van der Waals surface area contributed by atoms with Crippen molar-refractivity contribution in [2.45, 2.75) is 56.8 Å². The number of aliphatic hydroxyl groups is 2. The molecule has 9 heteroatoms. The zero-order valence-corrected chi connectivity index (χ0v) is 22.3. The summed E-state index contributed by atoms with van der Waals surface area (Å²) in [7, 11) is 1.64. The van der Waals surface area contributed by atoms with E-state index in [1.165, 1.54) is 6.07 Å². The fourth-order valence-electron chi connectivity index (χ4n) is 5.64. The van der Waals surface area contributed by atoms with E-state index < -0.39 is 23.6 Å². The van der Waals surface area contributed by atoms with Crippen LogP contribution in [0.25, 0.3) is 0 Å². The molecule has 0 radical (unpaired) electrons. The van der Waals surface area contributed by atoms with Crippen molar-refractivity contribution in [1.29, 1.82) is 0 Å². The minimum atomic E-state index is -1.44. The van der Waals surface area contributed by atoms with Crippen molar-refractivity contribution in [2.24, 2.45) is 11.7 Å². The van der Waals surface area contributed by atoms with Gasteiger partial charge in [0.15, 0.2) is 11.6 Å². The largest absolute Gasteiger partial charge is 0.454 e. The molecule has 0 bridgehead atoms. The number of carbonyl (C=O) groups is 1. The number of para-hydroxylation sites is 2. The standard InChI is InChI=1S/C29H40FN3O5/c1-20-9-3-4-13-26(20)38-27-22(11-7-12-23(27)30)29(36,14-5-6-16-37-2)21-10-8-15-32(17-21)28(35)33-18-24(31)25(34)19-33/h3-4,7,9,11-13,21,24-25,34,36H,5-6,8,10,14-19,31H2,1-2H3/t21-,24-,25?,29+/m1/s1. The van der Waals surface area contributed by atoms with Crippen LogP contribution in [0, 0.1) is 18.7 Å². The summed E-state index contributed by atoms with van der Waals surface area (Å²) in [6.07, 6.45) is 2.38. The van der Waals surface area contributed by atoms with Gasteiger partial charge in [0, 0.05) is 57.4 Å². The van der Waals surface area contributed by atoms with Crippen LogP contribution in [0.2, 0.25) is 0 Å². The minimum absolute atomic E-state index is 0.00753. The molecule has 2 aliphatic heterocycles. The van der Waals surface area contributed by atoms with Crippen LogP contribution in [0.4, 0.5) is 9.18 Å². The first-order valence-corrected chi connectivity index (χ1v) is 13.5. The number of likely N-dealkylation sites (tertiary alicyclic amines) is 2. The highest BCUT2D eigenvalue weighted by Gasteiger charge is 2.44. The van der Waals surface area contributed by atoms with Gasteiger partial charge in [0.05, 0.1) is 11.7 Å². The molecule has 4 N–H and O–H groups in total. The molecule has 0 aromatic heterocycles. The number of aliphatic hydroxyl groups excluding tert-OH is 1. The Morgan fingerprint density at radius 2 is 1.92 bits per heavy atom. The van der Waals surface area contributed by atoms with Crippen molar-refractivity contribution in [3.8, 4) is 11.5 Å². The van der Waals surface area contributed by atoms with Crippen LogP contribution >= 0.6 is 0 Å². The lowest BCUT2D eigenvalue weighted by atomic mass is 9.73. The van der Waals surface area contributed by atoms with Crippen molar-refractivity contribution in [3.05, 3.63) is 59.4 Å². The predicted octanol–water partition coefficient (Wildman–Crippen LogP) is 3.77. The van der Waals surface area contributed by atoms with Crippen LogP contribution in [0.1, 0.15) is 43.2 Å². The molecule has 2 aromatic carbocycles. The number of benzene rings is 2. The molecule has 2 aromatic rings. The number of ether oxygens (including phenoxy) is 2. The first-order valence-electron chi connectivity index (χ1n) is 13.5. The molecule has 8 nitrogen and oxygen atoms in total. The van der Waals surface area contributed by atoms with Crippen LogP contribution in [0.15, 0.2) is 42.5 Å². The number of nitrogens with two attached hydrogens (primary N) is 1. The number of piperidine rings is 1. The molecule has 4 atom stereocenters. The van der Waals surface area contributed by atoms with Crippen LogP contribution in [-0.2, 0) is 10.3 Å². The number of carbonyl (C=O) groups excluding carboxylic acids is 1. The average molecular weight is 530 g/mol. The molecule has 2 aliphatic rings. The number of β-amino-alcohol motifs (C(OH)–C–C–N with tert-alkyl or cyclic N) is 1. The number of rotatable bonds is 9. The minimum Gasteiger partial charge on any atom is -0.454 e. The van der Waals surface area contributed by atoms with Crippen LogP contribution in [0.5, 0.6) is 11.5 Å². The fraction of sp³-hybridized carbons (Fsp3) is 0.552. The van der Waals surface area contributed by atoms with Gasteiger partial charge in [0.2, 0.25) is 0 Å². The maximum absolute atomic E-state index is 15.3. The second-order valence-corrected chi connectivity index (χ2v) is 10.6. The van der Waals surface area contributed by atoms with Crippen LogP contribution in [-0.4, -0.2) is 78.1 Å². The number of hydrogen-bond acceptors (Lipinski definition) is 6. The molecule has 2 fully saturated rings. The summed E-state index contributed by atoms with van der Waals surface area (Å²) in [6, 6.07) is 11.4. The van der Waals surface area contributed by atoms with Gasteiger partial charge in [-0.15, -0.1) is 0 Å². The Labute approximate surface area is 224 Å². The number of halogens is 1. The maximum atomic E-state index is 15.3. The SMILES string of the molecule is COCCCC[C@@](O)(c1cccc(F)c1Oc1ccccc1C)[C@@H]1CCCN(C(=O)N2CC(O)[C@H](N)C2)C1. The Morgan fingerprint density at radius 1 is 1.13 bits per heavy atom. The lowest BCUT2D eigenvalue weighted by Crippen LogP contribution is -2.52. The summed E-state index contributed by atoms with van der Waals surface area (Å²) in [5, 5.41) is 22.5. The summed E-state index contributed by atoms with van der Waals surface area (Å²) in [4.78, 5) is 16.6. The van der Waals surface area contributed by atoms with Gasteiger partial charge in [-0.2, -0.15) is 0 Å². The molecule has 0 saturated carbocycles. The zero-order valence-electron chi connectivity index (χ0n) is 22.3. The average Bonchev–Trinajstić information content (AvgIpc) is 3.26. The van der Waals surface area contributed by atoms with Gasteiger partial charge in [-0.1, -0.05) is 30.3 Å². The Bertz CT molecular complexity index is 1090. The third kappa shape index (κ3) is 6.12. The quantitative estimate of drug-likeness (QED) is 0.427. The Balaban J connectivity index is 1.65. The molecule has 38 heavy (non-hydrogen) atoms. The summed E-state index contributed by atoms with van der Waals surface area (Å²) < 4.78 is 26.7. The van der Waals surface area contributed by atoms with Gasteiger partial charge in [0.1, 0.15) is 5.75 Å². The van der Waals surface area contributed by atoms with Gasteiger partial charge in [0.25, 0.3) is 0 Å². The fourth-order valence-corrected chi connectivity index (χ4v) is 5.64. The topological polar surface area (TPSA) is 108 Å². The van der Waals surface area contributed by atoms with E-state index in [9.17, 15) is 15.0 Å². The van der Waals surface area contributed by atoms with Crippen molar-refractivity contribution >= 4 is 6.03 Å². The molecule has 2 heterocycles. The lowest BCUT2D eigenvalue weighted by molar-refractivity contribution is -0.0590. The normalized spacial score (nSPS) is 23.4. The van der Waals surface area contributed by atoms with E-state index in [0.717, 1.165) is 12.0 Å². The summed E-state index contributed by atoms with van der Waals surface area (Å²) >= 11 is 0. The molecule has 0 spiro atoms. The van der Waals surface area contributed by atoms with E-state index in [0.29, 0.717) is 63.2 Å². The molecular formula is C29H40FN3O5. The monoisotopic (exact) mass is 529 g/mol. The van der Waals surface area contributed by atoms with E-state index in [-0.39, 0.29) is 24.2 Å². The highest BCUT2D eigenvalue weighted by Crippen LogP contribution is 2.45. The predicted molar refractivity (Wildman–Crippen MR) is 143 cm³/mol. The van der Waals surface area contributed by atoms with Gasteiger partial charge in [-0.05, 0) is 56.7 Å². The Kier molecular flexibility index (Phi) is 9.25. The number of methoxy groups -OCH3 is 1. The Hall–Kier alpha value is -2.72. The molecule has 208 valence electrons. The van der Waals surface area contributed by atoms with Crippen molar-refractivity contribution in [2.75, 3.05) is 39.9 Å². The highest BCUT2D eigenvalue weighted by molar-refractivity contribution is 5.75. The van der Waals surface area contributed by atoms with Crippen molar-refractivity contribution in [1.82, 2.24) is 9.80 Å². The number of urea groups is 1. The second kappa shape index (κ2) is 12.4. The van der Waals surface area contributed by atoms with Gasteiger partial charge < -0.3 is 35.2 Å². The number of amides is 2. The summed E-state index contributed by atoms with van der Waals surface area (Å²) in [5.41, 5.74) is 5.73. The molecule has 2 amide bonds. The van der Waals surface area contributed by atoms with E-state index in [1.54, 1.807) is 35.1 Å². The van der Waals surface area contributed by atoms with E-state index in [4.69, 9.17) is 15.2 Å². The molecule has 0 aliphatic carbocycles. The zero-order chi connectivity index (χ0) is 27.3. The maximum Gasteiger partial charge on any atom is 0.320 e. The van der Waals surface area contributed by atoms with E-state index >= 15 is 4.39 Å². The lowest BCUT2D eigenvalue weighted by Gasteiger charge is -2.44.